The van der Waals surface area contributed by atoms with E-state index in [0.717, 1.165) is 0 Å². The second kappa shape index (κ2) is 13.3. The van der Waals surface area contributed by atoms with Gasteiger partial charge in [-0.1, -0.05) is 35.3 Å². The standard InChI is InChI=1S/C25H29Cl2N5O5/c1-5-37-25(34)22-17(12-36-10-9-29-19-11-18(28-3)30-13-31-19)32-14(2)20(24(33)35-4)21(22)15-7-6-8-16(26)23(15)27/h6-8,11,13,21,32H,5,9-10,12H2,1-4H3,(H2,28,29,30,31). The third-order valence-electron chi connectivity index (χ3n) is 5.56. The Morgan fingerprint density at radius 1 is 1.14 bits per heavy atom. The molecular weight excluding hydrogens is 521 g/mol. The summed E-state index contributed by atoms with van der Waals surface area (Å²) < 4.78 is 16.3. The first-order valence-electron chi connectivity index (χ1n) is 11.5. The van der Waals surface area contributed by atoms with Crippen molar-refractivity contribution in [1.29, 1.82) is 0 Å². The van der Waals surface area contributed by atoms with Gasteiger partial charge in [0.05, 0.1) is 59.7 Å². The van der Waals surface area contributed by atoms with Gasteiger partial charge in [-0.05, 0) is 25.5 Å². The SMILES string of the molecule is CCOC(=O)C1=C(COCCNc2cc(NC)ncn2)NC(C)=C(C(=O)OC)C1c1cccc(Cl)c1Cl. The number of benzene rings is 1. The molecule has 0 radical (unpaired) electrons. The number of rotatable bonds is 11. The highest BCUT2D eigenvalue weighted by atomic mass is 35.5. The fourth-order valence-corrected chi connectivity index (χ4v) is 4.33. The molecule has 0 amide bonds. The minimum Gasteiger partial charge on any atom is -0.466 e. The summed E-state index contributed by atoms with van der Waals surface area (Å²) in [4.78, 5) is 34.3. The fourth-order valence-electron chi connectivity index (χ4n) is 3.91. The van der Waals surface area contributed by atoms with Gasteiger partial charge in [0, 0.05) is 25.4 Å². The van der Waals surface area contributed by atoms with Crippen LogP contribution in [-0.4, -0.2) is 62.4 Å². The second-order valence-electron chi connectivity index (χ2n) is 7.86. The Labute approximate surface area is 225 Å². The predicted molar refractivity (Wildman–Crippen MR) is 142 cm³/mol. The minimum absolute atomic E-state index is 0.0435. The van der Waals surface area contributed by atoms with E-state index >= 15 is 0 Å². The number of carbonyl (C=O) groups excluding carboxylic acids is 2. The topological polar surface area (TPSA) is 124 Å². The molecule has 0 bridgehead atoms. The Morgan fingerprint density at radius 3 is 2.59 bits per heavy atom. The number of dihydropyridines is 1. The zero-order valence-electron chi connectivity index (χ0n) is 21.0. The third kappa shape index (κ3) is 6.71. The molecule has 1 aliphatic heterocycles. The first-order chi connectivity index (χ1) is 17.8. The molecule has 0 aliphatic carbocycles. The van der Waals surface area contributed by atoms with Crippen molar-refractivity contribution >= 4 is 46.8 Å². The number of anilines is 2. The largest absolute Gasteiger partial charge is 0.466 e. The van der Waals surface area contributed by atoms with Crippen molar-refractivity contribution in [3.05, 3.63) is 68.7 Å². The molecule has 10 nitrogen and oxygen atoms in total. The number of hydrogen-bond acceptors (Lipinski definition) is 10. The highest BCUT2D eigenvalue weighted by molar-refractivity contribution is 6.42. The number of ether oxygens (including phenoxy) is 3. The molecule has 0 saturated heterocycles. The lowest BCUT2D eigenvalue weighted by molar-refractivity contribution is -0.139. The zero-order valence-corrected chi connectivity index (χ0v) is 22.5. The van der Waals surface area contributed by atoms with Crippen LogP contribution in [0.1, 0.15) is 25.3 Å². The minimum atomic E-state index is -0.878. The number of allylic oxidation sites excluding steroid dienone is 1. The van der Waals surface area contributed by atoms with E-state index in [1.165, 1.54) is 13.4 Å². The highest BCUT2D eigenvalue weighted by Gasteiger charge is 2.40. The van der Waals surface area contributed by atoms with Crippen molar-refractivity contribution in [2.24, 2.45) is 0 Å². The van der Waals surface area contributed by atoms with Crippen LogP contribution in [0.4, 0.5) is 11.6 Å². The van der Waals surface area contributed by atoms with Crippen molar-refractivity contribution in [2.75, 3.05) is 51.2 Å². The summed E-state index contributed by atoms with van der Waals surface area (Å²) in [7, 11) is 3.04. The van der Waals surface area contributed by atoms with E-state index in [0.29, 0.717) is 41.7 Å². The summed E-state index contributed by atoms with van der Waals surface area (Å²) >= 11 is 12.8. The van der Waals surface area contributed by atoms with Crippen LogP contribution >= 0.6 is 23.2 Å². The van der Waals surface area contributed by atoms with Gasteiger partial charge in [0.2, 0.25) is 0 Å². The summed E-state index contributed by atoms with van der Waals surface area (Å²) in [5.41, 5.74) is 1.84. The number of aromatic nitrogens is 2. The van der Waals surface area contributed by atoms with Crippen LogP contribution in [0.2, 0.25) is 10.0 Å². The highest BCUT2D eigenvalue weighted by Crippen LogP contribution is 2.43. The van der Waals surface area contributed by atoms with Gasteiger partial charge in [-0.3, -0.25) is 0 Å². The first-order valence-corrected chi connectivity index (χ1v) is 12.3. The third-order valence-corrected chi connectivity index (χ3v) is 6.39. The van der Waals surface area contributed by atoms with Crippen LogP contribution in [0.15, 0.2) is 53.1 Å². The van der Waals surface area contributed by atoms with Crippen LogP contribution in [0.25, 0.3) is 0 Å². The van der Waals surface area contributed by atoms with Gasteiger partial charge in [-0.25, -0.2) is 19.6 Å². The molecule has 1 aromatic heterocycles. The smallest absolute Gasteiger partial charge is 0.336 e. The fraction of sp³-hybridized carbons (Fsp3) is 0.360. The summed E-state index contributed by atoms with van der Waals surface area (Å²) in [6, 6.07) is 6.81. The Morgan fingerprint density at radius 2 is 1.89 bits per heavy atom. The molecule has 2 aromatic rings. The molecule has 2 heterocycles. The maximum atomic E-state index is 13.2. The van der Waals surface area contributed by atoms with E-state index < -0.39 is 17.9 Å². The van der Waals surface area contributed by atoms with E-state index in [4.69, 9.17) is 37.4 Å². The number of hydrogen-bond donors (Lipinski definition) is 3. The van der Waals surface area contributed by atoms with Crippen LogP contribution in [0, 0.1) is 0 Å². The number of methoxy groups -OCH3 is 1. The first kappa shape index (κ1) is 28.2. The second-order valence-corrected chi connectivity index (χ2v) is 8.65. The maximum Gasteiger partial charge on any atom is 0.336 e. The van der Waals surface area contributed by atoms with Crippen molar-refractivity contribution in [3.63, 3.8) is 0 Å². The Bertz CT molecular complexity index is 1220. The summed E-state index contributed by atoms with van der Waals surface area (Å²) in [5.74, 6) is -0.771. The predicted octanol–water partition coefficient (Wildman–Crippen LogP) is 3.90. The molecule has 1 atom stereocenters. The van der Waals surface area contributed by atoms with Gasteiger partial charge < -0.3 is 30.2 Å². The molecule has 0 saturated carbocycles. The summed E-state index contributed by atoms with van der Waals surface area (Å²) in [6.45, 7) is 4.36. The zero-order chi connectivity index (χ0) is 26.9. The van der Waals surface area contributed by atoms with Gasteiger partial charge >= 0.3 is 11.9 Å². The molecule has 0 fully saturated rings. The normalized spacial score (nSPS) is 15.2. The number of halogens is 2. The summed E-state index contributed by atoms with van der Waals surface area (Å²) in [5, 5.41) is 9.75. The molecule has 1 aliphatic rings. The molecule has 3 N–H and O–H groups in total. The monoisotopic (exact) mass is 549 g/mol. The van der Waals surface area contributed by atoms with Crippen LogP contribution in [-0.2, 0) is 23.8 Å². The Hall–Kier alpha value is -3.34. The molecule has 37 heavy (non-hydrogen) atoms. The van der Waals surface area contributed by atoms with Crippen molar-refractivity contribution in [2.45, 2.75) is 19.8 Å². The number of carbonyl (C=O) groups is 2. The lowest BCUT2D eigenvalue weighted by Crippen LogP contribution is -2.35. The summed E-state index contributed by atoms with van der Waals surface area (Å²) in [6.07, 6.45) is 1.45. The van der Waals surface area contributed by atoms with Crippen molar-refractivity contribution in [3.8, 4) is 0 Å². The lowest BCUT2D eigenvalue weighted by atomic mass is 9.80. The number of esters is 2. The van der Waals surface area contributed by atoms with E-state index in [1.807, 2.05) is 0 Å². The van der Waals surface area contributed by atoms with Crippen molar-refractivity contribution < 1.29 is 23.8 Å². The molecule has 1 unspecified atom stereocenters. The molecule has 3 rings (SSSR count). The number of nitrogens with zero attached hydrogens (tertiary/aromatic N) is 2. The van der Waals surface area contributed by atoms with Gasteiger partial charge in [0.1, 0.15) is 18.0 Å². The Kier molecular flexibility index (Phi) is 10.1. The average molecular weight is 550 g/mol. The van der Waals surface area contributed by atoms with E-state index in [9.17, 15) is 9.59 Å². The van der Waals surface area contributed by atoms with Crippen LogP contribution in [0.5, 0.6) is 0 Å². The van der Waals surface area contributed by atoms with E-state index in [-0.39, 0.29) is 34.4 Å². The lowest BCUT2D eigenvalue weighted by Gasteiger charge is -2.31. The van der Waals surface area contributed by atoms with E-state index in [2.05, 4.69) is 25.9 Å². The average Bonchev–Trinajstić information content (AvgIpc) is 2.89. The molecular formula is C25H29Cl2N5O5. The molecule has 1 aromatic carbocycles. The van der Waals surface area contributed by atoms with Gasteiger partial charge in [-0.15, -0.1) is 0 Å². The van der Waals surface area contributed by atoms with Crippen LogP contribution in [0.3, 0.4) is 0 Å². The van der Waals surface area contributed by atoms with E-state index in [1.54, 1.807) is 45.2 Å². The van der Waals surface area contributed by atoms with Gasteiger partial charge in [0.25, 0.3) is 0 Å². The van der Waals surface area contributed by atoms with Crippen LogP contribution < -0.4 is 16.0 Å². The molecule has 198 valence electrons. The number of nitrogens with one attached hydrogen (secondary N) is 3. The molecule has 0 spiro atoms. The molecule has 12 heteroatoms. The van der Waals surface area contributed by atoms with Gasteiger partial charge in [0.15, 0.2) is 0 Å². The quantitative estimate of drug-likeness (QED) is 0.280. The van der Waals surface area contributed by atoms with Gasteiger partial charge in [-0.2, -0.15) is 0 Å². The Balaban J connectivity index is 1.90. The van der Waals surface area contributed by atoms with Crippen molar-refractivity contribution in [1.82, 2.24) is 15.3 Å². The maximum absolute atomic E-state index is 13.2.